The van der Waals surface area contributed by atoms with Crippen molar-refractivity contribution in [3.63, 3.8) is 0 Å². The van der Waals surface area contributed by atoms with Gasteiger partial charge in [0.25, 0.3) is 0 Å². The molecule has 11 heteroatoms. The molecular weight excluding hydrogens is 502 g/mol. The summed E-state index contributed by atoms with van der Waals surface area (Å²) < 4.78 is 29.2. The van der Waals surface area contributed by atoms with Crippen LogP contribution in [0, 0.1) is 22.8 Å². The van der Waals surface area contributed by atoms with Crippen molar-refractivity contribution in [2.24, 2.45) is 16.3 Å². The molecule has 4 heterocycles. The van der Waals surface area contributed by atoms with Crippen molar-refractivity contribution in [2.45, 2.75) is 95.8 Å². The topological polar surface area (TPSA) is 101 Å². The van der Waals surface area contributed by atoms with Crippen LogP contribution < -0.4 is 15.4 Å². The molecule has 1 aliphatic carbocycles. The van der Waals surface area contributed by atoms with Crippen LogP contribution >= 0.6 is 0 Å². The Balaban J connectivity index is 1.25. The molecule has 1 saturated carbocycles. The Morgan fingerprint density at radius 3 is 2.67 bits per heavy atom. The summed E-state index contributed by atoms with van der Waals surface area (Å²) >= 11 is 0. The van der Waals surface area contributed by atoms with Crippen LogP contribution in [0.1, 0.15) is 77.7 Å². The van der Waals surface area contributed by atoms with Crippen LogP contribution in [0.4, 0.5) is 31.9 Å². The van der Waals surface area contributed by atoms with Crippen LogP contribution in [0.15, 0.2) is 28.7 Å². The molecule has 4 atom stereocenters. The van der Waals surface area contributed by atoms with Gasteiger partial charge in [-0.1, -0.05) is 13.8 Å². The molecule has 0 amide bonds. The van der Waals surface area contributed by atoms with Crippen LogP contribution in [0.5, 0.6) is 0 Å². The minimum atomic E-state index is -0.962. The Hall–Kier alpha value is -2.76. The molecule has 4 aliphatic rings. The van der Waals surface area contributed by atoms with Gasteiger partial charge >= 0.3 is 0 Å². The van der Waals surface area contributed by atoms with Crippen molar-refractivity contribution in [2.75, 3.05) is 23.7 Å². The van der Waals surface area contributed by atoms with Crippen LogP contribution in [0.3, 0.4) is 0 Å². The summed E-state index contributed by atoms with van der Waals surface area (Å²) in [6.07, 6.45) is 7.04. The maximum absolute atomic E-state index is 15.3. The highest BCUT2D eigenvalue weighted by molar-refractivity contribution is 5.67. The molecule has 2 saturated heterocycles. The quantitative estimate of drug-likeness (QED) is 0.311. The minimum absolute atomic E-state index is 0.0171. The lowest BCUT2D eigenvalue weighted by molar-refractivity contribution is 0.0500. The maximum Gasteiger partial charge on any atom is 0.229 e. The monoisotopic (exact) mass is 540 g/mol. The first-order valence-electron chi connectivity index (χ1n) is 14.2. The SMILES string of the molecule is CC(C)C1C[N+]([O-])(c2cc(Nc3ncc(F)c(NC4CC5CCCN5C(C)(C)C4)n3)c(F)cc2C2CC2)N=N1. The number of hydrogen-bond donors (Lipinski definition) is 2. The molecule has 9 nitrogen and oxygen atoms in total. The molecule has 1 aromatic carbocycles. The number of piperidine rings is 1. The number of quaternary nitrogens is 1. The molecule has 0 radical (unpaired) electrons. The Morgan fingerprint density at radius 2 is 1.95 bits per heavy atom. The van der Waals surface area contributed by atoms with Crippen molar-refractivity contribution in [1.82, 2.24) is 19.6 Å². The zero-order chi connectivity index (χ0) is 27.5. The van der Waals surface area contributed by atoms with E-state index in [1.165, 1.54) is 18.6 Å². The molecule has 4 unspecified atom stereocenters. The summed E-state index contributed by atoms with van der Waals surface area (Å²) in [7, 11) is 0. The zero-order valence-corrected chi connectivity index (χ0v) is 23.1. The van der Waals surface area contributed by atoms with E-state index in [4.69, 9.17) is 0 Å². The number of nitrogens with zero attached hydrogens (tertiary/aromatic N) is 6. The highest BCUT2D eigenvalue weighted by Gasteiger charge is 2.43. The van der Waals surface area contributed by atoms with Crippen LogP contribution in [0.2, 0.25) is 0 Å². The minimum Gasteiger partial charge on any atom is -0.598 e. The van der Waals surface area contributed by atoms with Gasteiger partial charge in [0.1, 0.15) is 18.4 Å². The molecule has 39 heavy (non-hydrogen) atoms. The van der Waals surface area contributed by atoms with Gasteiger partial charge < -0.3 is 15.8 Å². The van der Waals surface area contributed by atoms with Gasteiger partial charge in [-0.3, -0.25) is 4.90 Å². The van der Waals surface area contributed by atoms with Crippen LogP contribution in [-0.2, 0) is 0 Å². The number of nitrogens with one attached hydrogen (secondary N) is 2. The fourth-order valence-corrected chi connectivity index (χ4v) is 6.63. The molecule has 3 aliphatic heterocycles. The van der Waals surface area contributed by atoms with Gasteiger partial charge in [0, 0.05) is 34.5 Å². The number of halogens is 2. The fraction of sp³-hybridized carbons (Fsp3) is 0.643. The molecule has 0 bridgehead atoms. The van der Waals surface area contributed by atoms with E-state index in [-0.39, 0.29) is 53.5 Å². The number of anilines is 3. The predicted octanol–water partition coefficient (Wildman–Crippen LogP) is 6.40. The van der Waals surface area contributed by atoms with E-state index in [2.05, 4.69) is 49.7 Å². The Kier molecular flexibility index (Phi) is 6.59. The van der Waals surface area contributed by atoms with E-state index in [0.717, 1.165) is 44.8 Å². The van der Waals surface area contributed by atoms with E-state index in [1.54, 1.807) is 0 Å². The average Bonchev–Trinajstić information content (AvgIpc) is 3.46. The fourth-order valence-electron chi connectivity index (χ4n) is 6.63. The van der Waals surface area contributed by atoms with Gasteiger partial charge in [-0.05, 0) is 76.8 Å². The summed E-state index contributed by atoms with van der Waals surface area (Å²) in [6.45, 7) is 9.78. The van der Waals surface area contributed by atoms with Crippen molar-refractivity contribution in [3.8, 4) is 0 Å². The van der Waals surface area contributed by atoms with E-state index in [1.807, 2.05) is 13.8 Å². The third kappa shape index (κ3) is 5.12. The smallest absolute Gasteiger partial charge is 0.229 e. The number of benzene rings is 1. The Labute approximate surface area is 228 Å². The van der Waals surface area contributed by atoms with Gasteiger partial charge in [-0.2, -0.15) is 9.74 Å². The largest absolute Gasteiger partial charge is 0.598 e. The predicted molar refractivity (Wildman–Crippen MR) is 148 cm³/mol. The molecular formula is C28H38F2N8O. The second kappa shape index (κ2) is 9.71. The lowest BCUT2D eigenvalue weighted by atomic mass is 9.84. The molecule has 0 spiro atoms. The van der Waals surface area contributed by atoms with Gasteiger partial charge in [0.2, 0.25) is 5.95 Å². The van der Waals surface area contributed by atoms with Crippen molar-refractivity contribution >= 4 is 23.1 Å². The Bertz CT molecular complexity index is 1280. The van der Waals surface area contributed by atoms with Crippen molar-refractivity contribution in [3.05, 3.63) is 40.7 Å². The molecule has 1 aromatic heterocycles. The van der Waals surface area contributed by atoms with Crippen molar-refractivity contribution < 1.29 is 8.78 Å². The zero-order valence-electron chi connectivity index (χ0n) is 23.1. The summed E-state index contributed by atoms with van der Waals surface area (Å²) in [5.41, 5.74) is 1.14. The summed E-state index contributed by atoms with van der Waals surface area (Å²) in [6, 6.07) is 3.29. The molecule has 2 aromatic rings. The van der Waals surface area contributed by atoms with Gasteiger partial charge in [-0.15, -0.1) is 5.11 Å². The molecule has 6 rings (SSSR count). The second-order valence-electron chi connectivity index (χ2n) is 12.7. The number of fused-ring (bicyclic) bond motifs is 1. The van der Waals surface area contributed by atoms with E-state index < -0.39 is 16.4 Å². The second-order valence-corrected chi connectivity index (χ2v) is 12.7. The third-order valence-electron chi connectivity index (χ3n) is 8.85. The van der Waals surface area contributed by atoms with Crippen LogP contribution in [0.25, 0.3) is 0 Å². The van der Waals surface area contributed by atoms with Gasteiger partial charge in [0.15, 0.2) is 17.3 Å². The van der Waals surface area contributed by atoms with E-state index in [9.17, 15) is 9.60 Å². The van der Waals surface area contributed by atoms with Gasteiger partial charge in [-0.25, -0.2) is 13.8 Å². The van der Waals surface area contributed by atoms with Crippen molar-refractivity contribution in [1.29, 1.82) is 0 Å². The standard InChI is InChI=1S/C28H38F2N8O/c1-16(2)24-15-38(39,36-35-24)25-12-23(21(29)11-20(25)17-7-8-17)33-27-31-14-22(30)26(34-27)32-18-10-19-6-5-9-37(19)28(3,4)13-18/h11-12,14,16-19,24H,5-10,13,15H2,1-4H3,(H2,31,32,33,34). The van der Waals surface area contributed by atoms with Gasteiger partial charge in [0.05, 0.1) is 11.9 Å². The van der Waals surface area contributed by atoms with Crippen LogP contribution in [-0.4, -0.2) is 51.6 Å². The highest BCUT2D eigenvalue weighted by atomic mass is 19.1. The van der Waals surface area contributed by atoms with E-state index >= 15 is 4.39 Å². The number of hydrogen-bond acceptors (Lipinski definition) is 8. The first-order chi connectivity index (χ1) is 18.5. The Morgan fingerprint density at radius 1 is 1.15 bits per heavy atom. The van der Waals surface area contributed by atoms with E-state index in [0.29, 0.717) is 17.3 Å². The molecule has 3 fully saturated rings. The average molecular weight is 541 g/mol. The number of hydroxylamine groups is 1. The normalized spacial score (nSPS) is 30.1. The first-order valence-corrected chi connectivity index (χ1v) is 14.2. The lowest BCUT2D eigenvalue weighted by Gasteiger charge is -2.47. The summed E-state index contributed by atoms with van der Waals surface area (Å²) in [5, 5.41) is 28.3. The molecule has 2 N–H and O–H groups in total. The highest BCUT2D eigenvalue weighted by Crippen LogP contribution is 2.48. The lowest BCUT2D eigenvalue weighted by Crippen LogP contribution is -2.55. The first kappa shape index (κ1) is 26.5. The molecule has 210 valence electrons. The number of rotatable bonds is 7. The maximum atomic E-state index is 15.3. The summed E-state index contributed by atoms with van der Waals surface area (Å²) in [5.74, 6) is -0.596. The summed E-state index contributed by atoms with van der Waals surface area (Å²) in [4.78, 5) is 11.0. The third-order valence-corrected chi connectivity index (χ3v) is 8.85. The number of aromatic nitrogens is 2.